The zero-order valence-corrected chi connectivity index (χ0v) is 20.9. The van der Waals surface area contributed by atoms with E-state index in [1.165, 1.54) is 6.07 Å². The van der Waals surface area contributed by atoms with E-state index in [1.807, 2.05) is 32.0 Å². The van der Waals surface area contributed by atoms with E-state index in [9.17, 15) is 20.4 Å². The fraction of sp³-hybridized carbons (Fsp3) is 0.379. The van der Waals surface area contributed by atoms with Gasteiger partial charge in [0, 0.05) is 5.92 Å². The smallest absolute Gasteiger partial charge is 0.157 e. The molecule has 0 aliphatic carbocycles. The average molecular weight is 449 g/mol. The summed E-state index contributed by atoms with van der Waals surface area (Å²) in [5.41, 5.74) is 5.78. The lowest BCUT2D eigenvalue weighted by molar-refractivity contribution is 0.403. The number of aromatic hydroxyl groups is 4. The molecule has 3 aromatic carbocycles. The molecule has 4 nitrogen and oxygen atoms in total. The predicted molar refractivity (Wildman–Crippen MR) is 134 cm³/mol. The fourth-order valence-corrected chi connectivity index (χ4v) is 4.49. The number of phenols is 4. The Hall–Kier alpha value is -3.14. The van der Waals surface area contributed by atoms with Crippen molar-refractivity contribution in [2.24, 2.45) is 0 Å². The van der Waals surface area contributed by atoms with Crippen LogP contribution in [0.3, 0.4) is 0 Å². The highest BCUT2D eigenvalue weighted by atomic mass is 16.3. The highest BCUT2D eigenvalue weighted by Gasteiger charge is 2.28. The Labute approximate surface area is 197 Å². The number of rotatable bonds is 3. The predicted octanol–water partition coefficient (Wildman–Crippen LogP) is 6.90. The van der Waals surface area contributed by atoms with Crippen molar-refractivity contribution < 1.29 is 20.4 Å². The topological polar surface area (TPSA) is 80.9 Å². The maximum absolute atomic E-state index is 10.7. The number of hydrogen-bond donors (Lipinski definition) is 4. The van der Waals surface area contributed by atoms with Crippen LogP contribution in [0.25, 0.3) is 0 Å². The minimum absolute atomic E-state index is 0.173. The molecule has 3 aromatic rings. The minimum Gasteiger partial charge on any atom is -0.508 e. The summed E-state index contributed by atoms with van der Waals surface area (Å²) in [5, 5.41) is 41.6. The molecule has 0 aliphatic heterocycles. The molecule has 3 rings (SSSR count). The van der Waals surface area contributed by atoms with Crippen molar-refractivity contribution in [3.63, 3.8) is 0 Å². The van der Waals surface area contributed by atoms with Gasteiger partial charge in [-0.05, 0) is 87.9 Å². The Morgan fingerprint density at radius 3 is 1.33 bits per heavy atom. The van der Waals surface area contributed by atoms with Crippen LogP contribution in [-0.2, 0) is 10.8 Å². The first kappa shape index (κ1) is 24.5. The van der Waals surface area contributed by atoms with Crippen LogP contribution in [0.1, 0.15) is 86.4 Å². The van der Waals surface area contributed by atoms with Crippen molar-refractivity contribution in [1.29, 1.82) is 0 Å². The lowest BCUT2D eigenvalue weighted by Crippen LogP contribution is -2.16. The van der Waals surface area contributed by atoms with E-state index in [4.69, 9.17) is 0 Å². The first-order valence-electron chi connectivity index (χ1n) is 11.3. The highest BCUT2D eigenvalue weighted by Crippen LogP contribution is 2.44. The fourth-order valence-electron chi connectivity index (χ4n) is 4.49. The molecule has 176 valence electrons. The third-order valence-electron chi connectivity index (χ3n) is 6.34. The van der Waals surface area contributed by atoms with Gasteiger partial charge in [-0.2, -0.15) is 0 Å². The summed E-state index contributed by atoms with van der Waals surface area (Å²) in [4.78, 5) is 0. The quantitative estimate of drug-likeness (QED) is 0.259. The number of aryl methyl sites for hydroxylation is 2. The van der Waals surface area contributed by atoms with Gasteiger partial charge < -0.3 is 20.4 Å². The van der Waals surface area contributed by atoms with Gasteiger partial charge in [0.1, 0.15) is 11.5 Å². The average Bonchev–Trinajstić information content (AvgIpc) is 2.65. The molecule has 0 unspecified atom stereocenters. The standard InChI is InChI=1S/C29H36O4/c1-16-11-24(31)21(28(3,4)5)14-19(16)27(18-9-10-23(30)26(33)13-18)20-15-22(29(6,7)8)25(32)12-17(20)2/h9-15,27,30-33H,1-8H3. The summed E-state index contributed by atoms with van der Waals surface area (Å²) < 4.78 is 0. The highest BCUT2D eigenvalue weighted by molar-refractivity contribution is 5.57. The van der Waals surface area contributed by atoms with Crippen LogP contribution < -0.4 is 0 Å². The van der Waals surface area contributed by atoms with E-state index in [2.05, 4.69) is 41.5 Å². The van der Waals surface area contributed by atoms with Crippen molar-refractivity contribution in [2.75, 3.05) is 0 Å². The summed E-state index contributed by atoms with van der Waals surface area (Å²) in [7, 11) is 0. The number of phenolic OH excluding ortho intramolecular Hbond substituents is 4. The Morgan fingerprint density at radius 1 is 0.545 bits per heavy atom. The molecule has 0 saturated carbocycles. The van der Waals surface area contributed by atoms with Crippen LogP contribution in [0, 0.1) is 13.8 Å². The van der Waals surface area contributed by atoms with Crippen LogP contribution in [0.15, 0.2) is 42.5 Å². The summed E-state index contributed by atoms with van der Waals surface area (Å²) in [5.74, 6) is -0.117. The second-order valence-corrected chi connectivity index (χ2v) is 11.1. The second-order valence-electron chi connectivity index (χ2n) is 11.1. The molecule has 0 amide bonds. The third-order valence-corrected chi connectivity index (χ3v) is 6.34. The Balaban J connectivity index is 2.41. The summed E-state index contributed by atoms with van der Waals surface area (Å²) >= 11 is 0. The molecule has 33 heavy (non-hydrogen) atoms. The van der Waals surface area contributed by atoms with Gasteiger partial charge in [-0.25, -0.2) is 0 Å². The summed E-state index contributed by atoms with van der Waals surface area (Å²) in [6.45, 7) is 16.3. The van der Waals surface area contributed by atoms with Gasteiger partial charge in [0.05, 0.1) is 0 Å². The molecule has 0 bridgehead atoms. The van der Waals surface area contributed by atoms with E-state index in [0.29, 0.717) is 0 Å². The van der Waals surface area contributed by atoms with Crippen molar-refractivity contribution in [3.8, 4) is 23.0 Å². The molecular weight excluding hydrogens is 412 g/mol. The molecule has 4 heteroatoms. The molecule has 0 spiro atoms. The Bertz CT molecular complexity index is 1120. The van der Waals surface area contributed by atoms with Gasteiger partial charge in [0.2, 0.25) is 0 Å². The molecule has 0 atom stereocenters. The molecule has 0 radical (unpaired) electrons. The second kappa shape index (κ2) is 8.33. The van der Waals surface area contributed by atoms with Gasteiger partial charge in [0.15, 0.2) is 11.5 Å². The Morgan fingerprint density at radius 2 is 0.970 bits per heavy atom. The largest absolute Gasteiger partial charge is 0.508 e. The number of hydrogen-bond acceptors (Lipinski definition) is 4. The monoisotopic (exact) mass is 448 g/mol. The van der Waals surface area contributed by atoms with E-state index < -0.39 is 0 Å². The van der Waals surface area contributed by atoms with Crippen LogP contribution in [0.4, 0.5) is 0 Å². The van der Waals surface area contributed by atoms with Gasteiger partial charge in [-0.15, -0.1) is 0 Å². The zero-order valence-electron chi connectivity index (χ0n) is 20.9. The molecule has 0 aromatic heterocycles. The molecular formula is C29H36O4. The van der Waals surface area contributed by atoms with Crippen LogP contribution in [0.2, 0.25) is 0 Å². The van der Waals surface area contributed by atoms with E-state index in [-0.39, 0.29) is 39.7 Å². The van der Waals surface area contributed by atoms with Crippen LogP contribution in [0.5, 0.6) is 23.0 Å². The molecule has 0 heterocycles. The zero-order chi connectivity index (χ0) is 24.9. The van der Waals surface area contributed by atoms with E-state index >= 15 is 0 Å². The first-order chi connectivity index (χ1) is 15.1. The van der Waals surface area contributed by atoms with Gasteiger partial charge in [0.25, 0.3) is 0 Å². The van der Waals surface area contributed by atoms with Crippen LogP contribution >= 0.6 is 0 Å². The Kier molecular flexibility index (Phi) is 6.18. The SMILES string of the molecule is Cc1cc(O)c(C(C)(C)C)cc1C(c1ccc(O)c(O)c1)c1cc(C(C)(C)C)c(O)cc1C. The number of benzene rings is 3. The minimum atomic E-state index is -0.278. The molecule has 0 fully saturated rings. The maximum Gasteiger partial charge on any atom is 0.157 e. The summed E-state index contributed by atoms with van der Waals surface area (Å²) in [6.07, 6.45) is 0. The molecule has 4 N–H and O–H groups in total. The molecule has 0 saturated heterocycles. The lowest BCUT2D eigenvalue weighted by atomic mass is 9.75. The normalized spacial score (nSPS) is 12.4. The van der Waals surface area contributed by atoms with Crippen molar-refractivity contribution in [2.45, 2.75) is 72.1 Å². The first-order valence-corrected chi connectivity index (χ1v) is 11.3. The van der Waals surface area contributed by atoms with Crippen LogP contribution in [-0.4, -0.2) is 20.4 Å². The van der Waals surface area contributed by atoms with Gasteiger partial charge >= 0.3 is 0 Å². The maximum atomic E-state index is 10.7. The molecule has 0 aliphatic rings. The van der Waals surface area contributed by atoms with E-state index in [1.54, 1.807) is 18.2 Å². The van der Waals surface area contributed by atoms with Crippen molar-refractivity contribution in [3.05, 3.63) is 81.4 Å². The summed E-state index contributed by atoms with van der Waals surface area (Å²) in [6, 6.07) is 12.6. The van der Waals surface area contributed by atoms with Crippen molar-refractivity contribution >= 4 is 0 Å². The van der Waals surface area contributed by atoms with Gasteiger partial charge in [-0.1, -0.05) is 59.7 Å². The van der Waals surface area contributed by atoms with E-state index in [0.717, 1.165) is 38.9 Å². The third kappa shape index (κ3) is 4.80. The lowest BCUT2D eigenvalue weighted by Gasteiger charge is -2.29. The van der Waals surface area contributed by atoms with Crippen molar-refractivity contribution in [1.82, 2.24) is 0 Å². The van der Waals surface area contributed by atoms with Gasteiger partial charge in [-0.3, -0.25) is 0 Å².